The molecule has 3 N–H and O–H groups in total. The molecule has 0 spiro atoms. The lowest BCUT2D eigenvalue weighted by molar-refractivity contribution is -0.109. The summed E-state index contributed by atoms with van der Waals surface area (Å²) in [4.78, 5) is 15.5. The molecule has 100 valence electrons. The summed E-state index contributed by atoms with van der Waals surface area (Å²) in [7, 11) is 0. The van der Waals surface area contributed by atoms with Crippen molar-refractivity contribution in [1.82, 2.24) is 5.32 Å². The predicted molar refractivity (Wildman–Crippen MR) is 74.1 cm³/mol. The maximum atomic E-state index is 11.2. The lowest BCUT2D eigenvalue weighted by Crippen LogP contribution is -2.31. The number of aromatic hydroxyl groups is 1. The minimum Gasteiger partial charge on any atom is -0.506 e. The van der Waals surface area contributed by atoms with Gasteiger partial charge in [-0.15, -0.1) is 0 Å². The van der Waals surface area contributed by atoms with Crippen LogP contribution in [0.15, 0.2) is 17.1 Å². The lowest BCUT2D eigenvalue weighted by Gasteiger charge is -2.29. The van der Waals surface area contributed by atoms with Gasteiger partial charge in [0.15, 0.2) is 0 Å². The average molecular weight is 259 g/mol. The van der Waals surface area contributed by atoms with Crippen LogP contribution in [-0.4, -0.2) is 23.3 Å². The van der Waals surface area contributed by atoms with E-state index in [0.29, 0.717) is 23.3 Å². The Morgan fingerprint density at radius 3 is 2.89 bits per heavy atom. The Kier molecular flexibility index (Phi) is 2.89. The molecule has 1 fully saturated rings. The molecular formula is C14H17N3O2. The average Bonchev–Trinajstić information content (AvgIpc) is 2.33. The molecule has 0 aromatic heterocycles. The second-order valence-electron chi connectivity index (χ2n) is 5.16. The number of carbonyl (C=O) groups is 1. The van der Waals surface area contributed by atoms with E-state index in [9.17, 15) is 9.90 Å². The van der Waals surface area contributed by atoms with Gasteiger partial charge in [-0.25, -0.2) is 4.99 Å². The third-order valence-corrected chi connectivity index (χ3v) is 3.73. The minimum atomic E-state index is -0.393. The number of aldehydes is 1. The predicted octanol–water partition coefficient (Wildman–Crippen LogP) is 2.25. The fourth-order valence-corrected chi connectivity index (χ4v) is 2.45. The zero-order valence-electron chi connectivity index (χ0n) is 10.8. The van der Waals surface area contributed by atoms with Gasteiger partial charge in [0.2, 0.25) is 0 Å². The van der Waals surface area contributed by atoms with Crippen molar-refractivity contribution in [2.75, 3.05) is 5.32 Å². The zero-order chi connectivity index (χ0) is 13.4. The molecule has 5 nitrogen and oxygen atoms in total. The molecule has 2 aliphatic rings. The Morgan fingerprint density at radius 1 is 1.47 bits per heavy atom. The summed E-state index contributed by atoms with van der Waals surface area (Å²) < 4.78 is 0. The Morgan fingerprint density at radius 2 is 2.26 bits per heavy atom. The molecule has 1 aromatic rings. The van der Waals surface area contributed by atoms with E-state index in [1.165, 1.54) is 6.42 Å². The first kappa shape index (κ1) is 12.0. The quantitative estimate of drug-likeness (QED) is 0.575. The number of nitrogens with one attached hydrogen (secondary N) is 2. The monoisotopic (exact) mass is 259 g/mol. The van der Waals surface area contributed by atoms with E-state index in [0.717, 1.165) is 24.7 Å². The van der Waals surface area contributed by atoms with Gasteiger partial charge >= 0.3 is 0 Å². The topological polar surface area (TPSA) is 73.7 Å². The van der Waals surface area contributed by atoms with Gasteiger partial charge in [-0.3, -0.25) is 0 Å². The molecule has 1 aliphatic carbocycles. The van der Waals surface area contributed by atoms with Gasteiger partial charge in [-0.05, 0) is 32.3 Å². The molecular weight excluding hydrogens is 242 g/mol. The standard InChI is InChI=1S/C14H17N3O2/c1-8-15-11-6-14(19)12(17-9-3-2-4-9)5-10(11)13(7-18)16-8/h5-7,9,13,17,19H,2-4H2,1H3,(H,15,16). The van der Waals surface area contributed by atoms with Crippen LogP contribution in [0, 0.1) is 0 Å². The van der Waals surface area contributed by atoms with Gasteiger partial charge in [0.05, 0.1) is 17.2 Å². The SMILES string of the molecule is CC1=Nc2cc(O)c(NC3CCC3)cc2C(C=O)N1. The maximum Gasteiger partial charge on any atom is 0.146 e. The van der Waals surface area contributed by atoms with Gasteiger partial charge in [-0.2, -0.15) is 0 Å². The third kappa shape index (κ3) is 2.16. The molecule has 0 amide bonds. The number of hydrogen-bond acceptors (Lipinski definition) is 5. The summed E-state index contributed by atoms with van der Waals surface area (Å²) in [6.07, 6.45) is 4.35. The number of benzene rings is 1. The van der Waals surface area contributed by atoms with Gasteiger partial charge in [0.25, 0.3) is 0 Å². The van der Waals surface area contributed by atoms with Crippen LogP contribution in [0.4, 0.5) is 11.4 Å². The highest BCUT2D eigenvalue weighted by atomic mass is 16.3. The molecule has 1 aliphatic heterocycles. The van der Waals surface area contributed by atoms with Gasteiger partial charge in [0, 0.05) is 17.7 Å². The van der Waals surface area contributed by atoms with Crippen LogP contribution in [0.2, 0.25) is 0 Å². The largest absolute Gasteiger partial charge is 0.506 e. The number of rotatable bonds is 3. The van der Waals surface area contributed by atoms with Crippen LogP contribution in [-0.2, 0) is 4.79 Å². The summed E-state index contributed by atoms with van der Waals surface area (Å²) in [6.45, 7) is 1.80. The molecule has 1 unspecified atom stereocenters. The second-order valence-corrected chi connectivity index (χ2v) is 5.16. The van der Waals surface area contributed by atoms with Crippen molar-refractivity contribution in [1.29, 1.82) is 0 Å². The van der Waals surface area contributed by atoms with E-state index < -0.39 is 6.04 Å². The minimum absolute atomic E-state index is 0.189. The number of fused-ring (bicyclic) bond motifs is 1. The van der Waals surface area contributed by atoms with Crippen LogP contribution >= 0.6 is 0 Å². The van der Waals surface area contributed by atoms with Crippen molar-refractivity contribution in [2.45, 2.75) is 38.3 Å². The highest BCUT2D eigenvalue weighted by molar-refractivity contribution is 5.90. The van der Waals surface area contributed by atoms with E-state index in [1.54, 1.807) is 13.0 Å². The van der Waals surface area contributed by atoms with E-state index in [2.05, 4.69) is 15.6 Å². The Hall–Kier alpha value is -2.04. The van der Waals surface area contributed by atoms with Crippen molar-refractivity contribution in [3.05, 3.63) is 17.7 Å². The van der Waals surface area contributed by atoms with Gasteiger partial charge < -0.3 is 20.5 Å². The van der Waals surface area contributed by atoms with Crippen LogP contribution in [0.5, 0.6) is 5.75 Å². The maximum absolute atomic E-state index is 11.2. The summed E-state index contributed by atoms with van der Waals surface area (Å²) in [5.74, 6) is 0.873. The number of amidine groups is 1. The van der Waals surface area contributed by atoms with Crippen molar-refractivity contribution in [3.63, 3.8) is 0 Å². The molecule has 0 saturated heterocycles. The number of hydrogen-bond donors (Lipinski definition) is 3. The molecule has 0 bridgehead atoms. The smallest absolute Gasteiger partial charge is 0.146 e. The Bertz CT molecular complexity index is 550. The fourth-order valence-electron chi connectivity index (χ4n) is 2.45. The lowest BCUT2D eigenvalue weighted by atomic mass is 9.92. The third-order valence-electron chi connectivity index (χ3n) is 3.73. The normalized spacial score (nSPS) is 21.7. The number of nitrogens with zero attached hydrogens (tertiary/aromatic N) is 1. The van der Waals surface area contributed by atoms with Crippen LogP contribution < -0.4 is 10.6 Å². The second kappa shape index (κ2) is 4.57. The van der Waals surface area contributed by atoms with Crippen LogP contribution in [0.1, 0.15) is 37.8 Å². The van der Waals surface area contributed by atoms with E-state index in [-0.39, 0.29) is 5.75 Å². The van der Waals surface area contributed by atoms with E-state index in [4.69, 9.17) is 0 Å². The van der Waals surface area contributed by atoms with Crippen molar-refractivity contribution < 1.29 is 9.90 Å². The molecule has 1 heterocycles. The Balaban J connectivity index is 1.98. The number of phenolic OH excluding ortho intramolecular Hbond substituents is 1. The zero-order valence-corrected chi connectivity index (χ0v) is 10.8. The van der Waals surface area contributed by atoms with Crippen molar-refractivity contribution in [3.8, 4) is 5.75 Å². The molecule has 19 heavy (non-hydrogen) atoms. The summed E-state index contributed by atoms with van der Waals surface area (Å²) in [5.41, 5.74) is 2.15. The Labute approximate surface area is 111 Å². The number of anilines is 1. The number of aliphatic imine (C=N–C) groups is 1. The first-order valence-corrected chi connectivity index (χ1v) is 6.58. The van der Waals surface area contributed by atoms with Gasteiger partial charge in [-0.1, -0.05) is 0 Å². The summed E-state index contributed by atoms with van der Waals surface area (Å²) in [5, 5.41) is 16.4. The molecule has 1 aromatic carbocycles. The molecule has 5 heteroatoms. The molecule has 3 rings (SSSR count). The first-order valence-electron chi connectivity index (χ1n) is 6.58. The van der Waals surface area contributed by atoms with Crippen LogP contribution in [0.3, 0.4) is 0 Å². The highest BCUT2D eigenvalue weighted by Gasteiger charge is 2.24. The summed E-state index contributed by atoms with van der Waals surface area (Å²) >= 11 is 0. The highest BCUT2D eigenvalue weighted by Crippen LogP contribution is 2.38. The fraction of sp³-hybridized carbons (Fsp3) is 0.429. The molecule has 0 radical (unpaired) electrons. The van der Waals surface area contributed by atoms with E-state index in [1.807, 2.05) is 6.07 Å². The molecule has 1 saturated carbocycles. The van der Waals surface area contributed by atoms with Crippen molar-refractivity contribution in [2.24, 2.45) is 4.99 Å². The van der Waals surface area contributed by atoms with Gasteiger partial charge in [0.1, 0.15) is 18.1 Å². The van der Waals surface area contributed by atoms with Crippen LogP contribution in [0.25, 0.3) is 0 Å². The molecule has 1 atom stereocenters. The number of carbonyl (C=O) groups excluding carboxylic acids is 1. The first-order chi connectivity index (χ1) is 9.17. The number of phenols is 1. The summed E-state index contributed by atoms with van der Waals surface area (Å²) in [6, 6.07) is 3.48. The van der Waals surface area contributed by atoms with Crippen molar-refractivity contribution >= 4 is 23.5 Å². The van der Waals surface area contributed by atoms with E-state index >= 15 is 0 Å².